The molecule has 0 bridgehead atoms. The third kappa shape index (κ3) is 2.64. The molecule has 1 amide bonds. The van der Waals surface area contributed by atoms with Gasteiger partial charge in [0.2, 0.25) is 0 Å². The van der Waals surface area contributed by atoms with Gasteiger partial charge in [-0.05, 0) is 35.4 Å². The number of rotatable bonds is 2. The van der Waals surface area contributed by atoms with Gasteiger partial charge in [-0.2, -0.15) is 13.2 Å². The van der Waals surface area contributed by atoms with Crippen LogP contribution in [0.4, 0.5) is 13.2 Å². The lowest BCUT2D eigenvalue weighted by atomic mass is 10.0. The zero-order valence-electron chi connectivity index (χ0n) is 12.7. The van der Waals surface area contributed by atoms with Crippen LogP contribution in [0.3, 0.4) is 0 Å². The van der Waals surface area contributed by atoms with Gasteiger partial charge >= 0.3 is 11.8 Å². The summed E-state index contributed by atoms with van der Waals surface area (Å²) in [5.74, 6) is -0.218. The molecule has 0 unspecified atom stereocenters. The number of halogens is 4. The summed E-state index contributed by atoms with van der Waals surface area (Å²) in [6, 6.07) is 11.2. The van der Waals surface area contributed by atoms with Crippen molar-refractivity contribution in [3.8, 4) is 0 Å². The number of nitrogens with zero attached hydrogens (tertiary/aromatic N) is 3. The van der Waals surface area contributed by atoms with Crippen molar-refractivity contribution in [3.63, 3.8) is 0 Å². The topological polar surface area (TPSA) is 45.0 Å². The third-order valence-electron chi connectivity index (χ3n) is 4.41. The Morgan fingerprint density at radius 2 is 1.68 bits per heavy atom. The van der Waals surface area contributed by atoms with Gasteiger partial charge in [-0.15, -0.1) is 10.2 Å². The number of carbonyl (C=O) groups is 1. The number of alkyl halides is 3. The van der Waals surface area contributed by atoms with E-state index >= 15 is 0 Å². The summed E-state index contributed by atoms with van der Waals surface area (Å²) in [6.45, 7) is 0.965. The Morgan fingerprint density at radius 3 is 2.28 bits per heavy atom. The van der Waals surface area contributed by atoms with Crippen LogP contribution in [0.25, 0.3) is 0 Å². The molecule has 0 aromatic heterocycles. The van der Waals surface area contributed by atoms with Gasteiger partial charge in [0, 0.05) is 28.7 Å². The highest BCUT2D eigenvalue weighted by atomic mass is 79.9. The highest BCUT2D eigenvalue weighted by molar-refractivity contribution is 9.10. The Balaban J connectivity index is 1.53. The van der Waals surface area contributed by atoms with Gasteiger partial charge in [-0.1, -0.05) is 34.1 Å². The monoisotopic (exact) mass is 409 g/mol. The second-order valence-corrected chi connectivity index (χ2v) is 6.94. The standard InChI is InChI=1S/C17H11BrF3N3O/c18-14-6-3-11-8-24(9-12(11)7-14)15(25)10-1-4-13(5-2-10)16(22-23-16)17(19,20)21/h1-7H,8-9H2. The third-order valence-corrected chi connectivity index (χ3v) is 4.90. The maximum Gasteiger partial charge on any atom is 0.442 e. The molecule has 0 aliphatic carbocycles. The quantitative estimate of drug-likeness (QED) is 0.703. The molecule has 2 aromatic carbocycles. The van der Waals surface area contributed by atoms with Crippen LogP contribution in [0.15, 0.2) is 57.2 Å². The molecular formula is C17H11BrF3N3O. The van der Waals surface area contributed by atoms with Crippen molar-refractivity contribution in [2.24, 2.45) is 10.2 Å². The first-order valence-electron chi connectivity index (χ1n) is 7.48. The predicted molar refractivity (Wildman–Crippen MR) is 86.8 cm³/mol. The molecule has 2 heterocycles. The molecule has 2 aliphatic heterocycles. The fraction of sp³-hybridized carbons (Fsp3) is 0.235. The Kier molecular flexibility index (Phi) is 3.50. The van der Waals surface area contributed by atoms with Gasteiger partial charge in [0.05, 0.1) is 0 Å². The second-order valence-electron chi connectivity index (χ2n) is 6.02. The molecule has 8 heteroatoms. The molecule has 0 saturated heterocycles. The first-order valence-corrected chi connectivity index (χ1v) is 8.27. The maximum atomic E-state index is 13.0. The fourth-order valence-electron chi connectivity index (χ4n) is 2.98. The molecule has 2 aromatic rings. The first kappa shape index (κ1) is 16.3. The number of hydrogen-bond donors (Lipinski definition) is 0. The van der Waals surface area contributed by atoms with Crippen LogP contribution in [0, 0.1) is 0 Å². The molecule has 0 saturated carbocycles. The molecule has 0 fully saturated rings. The van der Waals surface area contributed by atoms with Crippen molar-refractivity contribution in [1.29, 1.82) is 0 Å². The van der Waals surface area contributed by atoms with E-state index in [9.17, 15) is 18.0 Å². The van der Waals surface area contributed by atoms with E-state index in [1.54, 1.807) is 4.90 Å². The largest absolute Gasteiger partial charge is 0.442 e. The maximum absolute atomic E-state index is 13.0. The van der Waals surface area contributed by atoms with Crippen molar-refractivity contribution in [1.82, 2.24) is 4.90 Å². The van der Waals surface area contributed by atoms with E-state index in [1.165, 1.54) is 24.3 Å². The number of amides is 1. The SMILES string of the molecule is O=C(c1ccc(C2(C(F)(F)F)N=N2)cc1)N1Cc2ccc(Br)cc2C1. The van der Waals surface area contributed by atoms with E-state index in [0.717, 1.165) is 15.6 Å². The average molecular weight is 410 g/mol. The smallest absolute Gasteiger partial charge is 0.330 e. The molecule has 2 aliphatic rings. The summed E-state index contributed by atoms with van der Waals surface area (Å²) in [5, 5.41) is 6.33. The van der Waals surface area contributed by atoms with Crippen LogP contribution in [0.5, 0.6) is 0 Å². The second kappa shape index (κ2) is 5.39. The molecule has 4 rings (SSSR count). The van der Waals surface area contributed by atoms with Crippen LogP contribution < -0.4 is 0 Å². The minimum absolute atomic E-state index is 0.0785. The van der Waals surface area contributed by atoms with E-state index in [0.29, 0.717) is 18.7 Å². The predicted octanol–water partition coefficient (Wildman–Crippen LogP) is 4.79. The summed E-state index contributed by atoms with van der Waals surface area (Å²) >= 11 is 3.40. The van der Waals surface area contributed by atoms with Crippen molar-refractivity contribution >= 4 is 21.8 Å². The minimum atomic E-state index is -4.57. The van der Waals surface area contributed by atoms with Gasteiger partial charge in [-0.25, -0.2) is 0 Å². The molecule has 25 heavy (non-hydrogen) atoms. The Hall–Kier alpha value is -2.22. The van der Waals surface area contributed by atoms with Gasteiger partial charge in [0.1, 0.15) is 0 Å². The van der Waals surface area contributed by atoms with Gasteiger partial charge in [0.25, 0.3) is 5.91 Å². The Bertz CT molecular complexity index is 887. The van der Waals surface area contributed by atoms with Gasteiger partial charge < -0.3 is 4.90 Å². The van der Waals surface area contributed by atoms with Crippen molar-refractivity contribution in [2.75, 3.05) is 0 Å². The number of benzene rings is 2. The highest BCUT2D eigenvalue weighted by Crippen LogP contribution is 2.52. The van der Waals surface area contributed by atoms with Gasteiger partial charge in [-0.3, -0.25) is 4.79 Å². The highest BCUT2D eigenvalue weighted by Gasteiger charge is 2.65. The molecule has 0 N–H and O–H groups in total. The molecule has 128 valence electrons. The van der Waals surface area contributed by atoms with E-state index in [-0.39, 0.29) is 11.5 Å². The first-order chi connectivity index (χ1) is 11.8. The molecule has 0 atom stereocenters. The van der Waals surface area contributed by atoms with Crippen LogP contribution in [-0.4, -0.2) is 17.0 Å². The van der Waals surface area contributed by atoms with Crippen LogP contribution in [0.1, 0.15) is 27.0 Å². The van der Waals surface area contributed by atoms with Crippen molar-refractivity contribution in [3.05, 3.63) is 69.2 Å². The summed E-state index contributed by atoms with van der Waals surface area (Å²) < 4.78 is 40.0. The van der Waals surface area contributed by atoms with Crippen molar-refractivity contribution in [2.45, 2.75) is 24.9 Å². The van der Waals surface area contributed by atoms with Crippen LogP contribution in [0.2, 0.25) is 0 Å². The molecule has 4 nitrogen and oxygen atoms in total. The normalized spacial score (nSPS) is 17.5. The summed E-state index contributed by atoms with van der Waals surface area (Å²) in [7, 11) is 0. The number of fused-ring (bicyclic) bond motifs is 1. The van der Waals surface area contributed by atoms with Crippen molar-refractivity contribution < 1.29 is 18.0 Å². The number of carbonyl (C=O) groups excluding carboxylic acids is 1. The zero-order valence-corrected chi connectivity index (χ0v) is 14.3. The Morgan fingerprint density at radius 1 is 1.04 bits per heavy atom. The minimum Gasteiger partial charge on any atom is -0.330 e. The Labute approximate surface area is 149 Å². The lowest BCUT2D eigenvalue weighted by molar-refractivity contribution is -0.166. The van der Waals surface area contributed by atoms with E-state index in [4.69, 9.17) is 0 Å². The lowest BCUT2D eigenvalue weighted by Crippen LogP contribution is -2.30. The summed E-state index contributed by atoms with van der Waals surface area (Å²) in [6.07, 6.45) is -4.57. The van der Waals surface area contributed by atoms with Crippen LogP contribution >= 0.6 is 15.9 Å². The average Bonchev–Trinajstić information content (AvgIpc) is 3.29. The van der Waals surface area contributed by atoms with E-state index in [2.05, 4.69) is 26.2 Å². The summed E-state index contributed by atoms with van der Waals surface area (Å²) in [5.41, 5.74) is -0.0606. The zero-order chi connectivity index (χ0) is 17.8. The fourth-order valence-corrected chi connectivity index (χ4v) is 3.39. The van der Waals surface area contributed by atoms with Crippen LogP contribution in [-0.2, 0) is 18.8 Å². The molecular weight excluding hydrogens is 399 g/mol. The lowest BCUT2D eigenvalue weighted by Gasteiger charge is -2.17. The molecule has 0 spiro atoms. The van der Waals surface area contributed by atoms with Gasteiger partial charge in [0.15, 0.2) is 0 Å². The van der Waals surface area contributed by atoms with E-state index < -0.39 is 11.8 Å². The number of hydrogen-bond acceptors (Lipinski definition) is 3. The molecule has 0 radical (unpaired) electrons. The summed E-state index contributed by atoms with van der Waals surface area (Å²) in [4.78, 5) is 14.3. The van der Waals surface area contributed by atoms with E-state index in [1.807, 2.05) is 18.2 Å².